The van der Waals surface area contributed by atoms with Gasteiger partial charge in [0.05, 0.1) is 0 Å². The molecule has 2 aromatic rings. The maximum absolute atomic E-state index is 11.6. The second-order valence-electron chi connectivity index (χ2n) is 4.36. The summed E-state index contributed by atoms with van der Waals surface area (Å²) in [5.41, 5.74) is 2.86. The molecule has 4 nitrogen and oxygen atoms in total. The van der Waals surface area contributed by atoms with Crippen molar-refractivity contribution in [2.45, 2.75) is 20.5 Å². The van der Waals surface area contributed by atoms with Gasteiger partial charge in [0, 0.05) is 5.69 Å². The Hall–Kier alpha value is -2.36. The number of hydrogen-bond acceptors (Lipinski definition) is 3. The number of carbonyl (C=O) groups is 1. The second-order valence-corrected chi connectivity index (χ2v) is 4.36. The Morgan fingerprint density at radius 2 is 1.95 bits per heavy atom. The third-order valence-corrected chi connectivity index (χ3v) is 2.54. The van der Waals surface area contributed by atoms with Crippen molar-refractivity contribution >= 4 is 11.9 Å². The Kier molecular flexibility index (Phi) is 4.13. The zero-order valence-corrected chi connectivity index (χ0v) is 11.0. The van der Waals surface area contributed by atoms with Crippen molar-refractivity contribution in [3.8, 4) is 0 Å². The van der Waals surface area contributed by atoms with E-state index in [2.05, 4.69) is 10.3 Å². The predicted octanol–water partition coefficient (Wildman–Crippen LogP) is 3.45. The minimum Gasteiger partial charge on any atom is -0.444 e. The molecule has 0 unspecified atom stereocenters. The van der Waals surface area contributed by atoms with Crippen LogP contribution in [-0.4, -0.2) is 11.1 Å². The number of anilines is 1. The maximum Gasteiger partial charge on any atom is 0.413 e. The van der Waals surface area contributed by atoms with Gasteiger partial charge in [-0.15, -0.1) is 0 Å². The molecular weight excluding hydrogens is 240 g/mol. The zero-order valence-electron chi connectivity index (χ0n) is 11.0. The molecule has 0 bridgehead atoms. The van der Waals surface area contributed by atoms with Gasteiger partial charge >= 0.3 is 6.09 Å². The lowest BCUT2D eigenvalue weighted by Crippen LogP contribution is -2.14. The Balaban J connectivity index is 1.91. The van der Waals surface area contributed by atoms with E-state index in [0.717, 1.165) is 16.8 Å². The number of amides is 1. The maximum atomic E-state index is 11.6. The molecular formula is C15H16N2O2. The molecule has 1 amide bonds. The summed E-state index contributed by atoms with van der Waals surface area (Å²) in [5, 5.41) is 2.62. The van der Waals surface area contributed by atoms with Crippen LogP contribution in [0.15, 0.2) is 42.5 Å². The molecule has 98 valence electrons. The van der Waals surface area contributed by atoms with Gasteiger partial charge in [0.25, 0.3) is 0 Å². The minimum absolute atomic E-state index is 0.247. The Labute approximate surface area is 112 Å². The van der Waals surface area contributed by atoms with Gasteiger partial charge in [0.15, 0.2) is 0 Å². The van der Waals surface area contributed by atoms with Crippen LogP contribution >= 0.6 is 0 Å². The molecule has 0 atom stereocenters. The quantitative estimate of drug-likeness (QED) is 0.915. The van der Waals surface area contributed by atoms with Crippen molar-refractivity contribution in [2.75, 3.05) is 5.32 Å². The largest absolute Gasteiger partial charge is 0.444 e. The van der Waals surface area contributed by atoms with Crippen LogP contribution in [0.2, 0.25) is 0 Å². The average molecular weight is 256 g/mol. The molecule has 0 fully saturated rings. The highest BCUT2D eigenvalue weighted by Gasteiger charge is 2.05. The molecule has 0 spiro atoms. The third kappa shape index (κ3) is 4.10. The van der Waals surface area contributed by atoms with Crippen LogP contribution in [-0.2, 0) is 11.3 Å². The standard InChI is InChI=1S/C15H16N2O2/c1-11-8-12(2)16-14(9-11)17-15(18)19-10-13-6-4-3-5-7-13/h3-9H,10H2,1-2H3,(H,16,17,18). The van der Waals surface area contributed by atoms with Gasteiger partial charge in [-0.3, -0.25) is 5.32 Å². The lowest BCUT2D eigenvalue weighted by atomic mass is 10.2. The normalized spacial score (nSPS) is 10.0. The van der Waals surface area contributed by atoms with Gasteiger partial charge in [-0.1, -0.05) is 30.3 Å². The monoisotopic (exact) mass is 256 g/mol. The molecule has 19 heavy (non-hydrogen) atoms. The first-order valence-electron chi connectivity index (χ1n) is 6.06. The van der Waals surface area contributed by atoms with Crippen LogP contribution in [0.5, 0.6) is 0 Å². The van der Waals surface area contributed by atoms with Crippen molar-refractivity contribution in [1.29, 1.82) is 0 Å². The zero-order chi connectivity index (χ0) is 13.7. The number of benzene rings is 1. The summed E-state index contributed by atoms with van der Waals surface area (Å²) in [6, 6.07) is 13.3. The fourth-order valence-corrected chi connectivity index (χ4v) is 1.77. The molecule has 0 saturated heterocycles. The van der Waals surface area contributed by atoms with Gasteiger partial charge in [0.1, 0.15) is 12.4 Å². The number of hydrogen-bond donors (Lipinski definition) is 1. The van der Waals surface area contributed by atoms with Crippen LogP contribution < -0.4 is 5.32 Å². The topological polar surface area (TPSA) is 51.2 Å². The molecule has 0 aliphatic rings. The number of ether oxygens (including phenoxy) is 1. The Morgan fingerprint density at radius 1 is 1.21 bits per heavy atom. The molecule has 1 heterocycles. The molecule has 1 N–H and O–H groups in total. The van der Waals surface area contributed by atoms with Gasteiger partial charge in [0.2, 0.25) is 0 Å². The molecule has 1 aromatic heterocycles. The number of nitrogens with one attached hydrogen (secondary N) is 1. The first-order chi connectivity index (χ1) is 9.13. The van der Waals surface area contributed by atoms with Crippen LogP contribution in [0.4, 0.5) is 10.6 Å². The smallest absolute Gasteiger partial charge is 0.413 e. The first kappa shape index (κ1) is 13.1. The fourth-order valence-electron chi connectivity index (χ4n) is 1.77. The molecule has 0 saturated carbocycles. The lowest BCUT2D eigenvalue weighted by Gasteiger charge is -2.07. The number of aromatic nitrogens is 1. The van der Waals surface area contributed by atoms with Crippen molar-refractivity contribution in [3.63, 3.8) is 0 Å². The van der Waals surface area contributed by atoms with E-state index in [0.29, 0.717) is 5.82 Å². The van der Waals surface area contributed by atoms with E-state index >= 15 is 0 Å². The van der Waals surface area contributed by atoms with E-state index in [-0.39, 0.29) is 6.61 Å². The van der Waals surface area contributed by atoms with E-state index in [4.69, 9.17) is 4.74 Å². The number of nitrogens with zero attached hydrogens (tertiary/aromatic N) is 1. The summed E-state index contributed by atoms with van der Waals surface area (Å²) in [6.07, 6.45) is -0.499. The third-order valence-electron chi connectivity index (χ3n) is 2.54. The van der Waals surface area contributed by atoms with E-state index < -0.39 is 6.09 Å². The summed E-state index contributed by atoms with van der Waals surface area (Å²) in [6.45, 7) is 4.08. The SMILES string of the molecule is Cc1cc(C)nc(NC(=O)OCc2ccccc2)c1. The second kappa shape index (κ2) is 6.00. The number of aryl methyl sites for hydroxylation is 2. The average Bonchev–Trinajstić information content (AvgIpc) is 2.36. The van der Waals surface area contributed by atoms with E-state index in [1.807, 2.05) is 50.2 Å². The highest BCUT2D eigenvalue weighted by Crippen LogP contribution is 2.09. The summed E-state index contributed by atoms with van der Waals surface area (Å²) < 4.78 is 5.12. The molecule has 0 radical (unpaired) electrons. The Bertz CT molecular complexity index is 547. The van der Waals surface area contributed by atoms with Crippen molar-refractivity contribution in [1.82, 2.24) is 4.98 Å². The number of pyridine rings is 1. The van der Waals surface area contributed by atoms with Gasteiger partial charge in [-0.25, -0.2) is 9.78 Å². The van der Waals surface area contributed by atoms with Crippen molar-refractivity contribution in [3.05, 3.63) is 59.3 Å². The molecule has 2 rings (SSSR count). The molecule has 1 aromatic carbocycles. The number of carbonyl (C=O) groups excluding carboxylic acids is 1. The van der Waals surface area contributed by atoms with E-state index in [9.17, 15) is 4.79 Å². The molecule has 4 heteroatoms. The fraction of sp³-hybridized carbons (Fsp3) is 0.200. The Morgan fingerprint density at radius 3 is 2.63 bits per heavy atom. The van der Waals surface area contributed by atoms with Crippen molar-refractivity contribution in [2.24, 2.45) is 0 Å². The highest BCUT2D eigenvalue weighted by atomic mass is 16.5. The summed E-state index contributed by atoms with van der Waals surface area (Å²) >= 11 is 0. The van der Waals surface area contributed by atoms with Crippen LogP contribution in [0.1, 0.15) is 16.8 Å². The van der Waals surface area contributed by atoms with Crippen molar-refractivity contribution < 1.29 is 9.53 Å². The van der Waals surface area contributed by atoms with E-state index in [1.165, 1.54) is 0 Å². The van der Waals surface area contributed by atoms with E-state index in [1.54, 1.807) is 6.07 Å². The van der Waals surface area contributed by atoms with Crippen LogP contribution in [0, 0.1) is 13.8 Å². The molecule has 0 aliphatic carbocycles. The summed E-state index contributed by atoms with van der Waals surface area (Å²) in [5.74, 6) is 0.510. The summed E-state index contributed by atoms with van der Waals surface area (Å²) in [7, 11) is 0. The lowest BCUT2D eigenvalue weighted by molar-refractivity contribution is 0.155. The number of rotatable bonds is 3. The summed E-state index contributed by atoms with van der Waals surface area (Å²) in [4.78, 5) is 15.9. The van der Waals surface area contributed by atoms with Gasteiger partial charge in [-0.2, -0.15) is 0 Å². The first-order valence-corrected chi connectivity index (χ1v) is 6.06. The molecule has 0 aliphatic heterocycles. The predicted molar refractivity (Wildman–Crippen MR) is 74.0 cm³/mol. The van der Waals surface area contributed by atoms with Gasteiger partial charge in [-0.05, 0) is 37.1 Å². The van der Waals surface area contributed by atoms with Crippen LogP contribution in [0.3, 0.4) is 0 Å². The van der Waals surface area contributed by atoms with Gasteiger partial charge < -0.3 is 4.74 Å². The van der Waals surface area contributed by atoms with Crippen LogP contribution in [0.25, 0.3) is 0 Å². The highest BCUT2D eigenvalue weighted by molar-refractivity contribution is 5.83. The minimum atomic E-state index is -0.499.